The van der Waals surface area contributed by atoms with E-state index in [1.165, 1.54) is 122 Å². The zero-order valence-electron chi connectivity index (χ0n) is 41.6. The molecule has 0 aromatic carbocycles. The number of allylic oxidation sites excluding steroid dienone is 10. The van der Waals surface area contributed by atoms with Crippen molar-refractivity contribution < 1.29 is 28.6 Å². The summed E-state index contributed by atoms with van der Waals surface area (Å²) in [6.07, 6.45) is 63.4. The highest BCUT2D eigenvalue weighted by Gasteiger charge is 2.19. The number of ether oxygens (including phenoxy) is 3. The van der Waals surface area contributed by atoms with Crippen LogP contribution in [0.3, 0.4) is 0 Å². The minimum absolute atomic E-state index is 0.0871. The molecule has 0 spiro atoms. The molecule has 0 fully saturated rings. The molecule has 0 heterocycles. The predicted octanol–water partition coefficient (Wildman–Crippen LogP) is 17.6. The van der Waals surface area contributed by atoms with E-state index in [0.29, 0.717) is 19.3 Å². The van der Waals surface area contributed by atoms with Gasteiger partial charge >= 0.3 is 17.9 Å². The Morgan fingerprint density at radius 3 is 0.921 bits per heavy atom. The van der Waals surface area contributed by atoms with Crippen LogP contribution in [0.25, 0.3) is 0 Å². The molecular formula is C57H100O6. The average molecular weight is 881 g/mol. The fraction of sp³-hybridized carbons (Fsp3) is 0.772. The highest BCUT2D eigenvalue weighted by Crippen LogP contribution is 2.15. The van der Waals surface area contributed by atoms with Crippen molar-refractivity contribution in [1.82, 2.24) is 0 Å². The molecule has 0 bridgehead atoms. The first-order chi connectivity index (χ1) is 31.0. The van der Waals surface area contributed by atoms with Crippen molar-refractivity contribution in [3.8, 4) is 0 Å². The molecule has 0 amide bonds. The number of hydrogen-bond donors (Lipinski definition) is 0. The fourth-order valence-corrected chi connectivity index (χ4v) is 7.42. The molecule has 0 aromatic rings. The Bertz CT molecular complexity index is 1150. The molecule has 0 rings (SSSR count). The molecule has 364 valence electrons. The van der Waals surface area contributed by atoms with Gasteiger partial charge in [-0.2, -0.15) is 0 Å². The van der Waals surface area contributed by atoms with Crippen LogP contribution in [0.2, 0.25) is 0 Å². The van der Waals surface area contributed by atoms with Gasteiger partial charge in [0.2, 0.25) is 0 Å². The lowest BCUT2D eigenvalue weighted by atomic mass is 10.0. The van der Waals surface area contributed by atoms with Gasteiger partial charge in [0.05, 0.1) is 0 Å². The van der Waals surface area contributed by atoms with Gasteiger partial charge in [0.15, 0.2) is 6.10 Å². The van der Waals surface area contributed by atoms with Crippen molar-refractivity contribution in [2.24, 2.45) is 0 Å². The largest absolute Gasteiger partial charge is 0.462 e. The van der Waals surface area contributed by atoms with E-state index in [-0.39, 0.29) is 31.1 Å². The van der Waals surface area contributed by atoms with E-state index in [1.807, 2.05) is 0 Å². The van der Waals surface area contributed by atoms with Crippen molar-refractivity contribution >= 4 is 17.9 Å². The summed E-state index contributed by atoms with van der Waals surface area (Å²) in [5.41, 5.74) is 0. The molecule has 63 heavy (non-hydrogen) atoms. The Kier molecular flexibility index (Phi) is 49.4. The molecule has 1 atom stereocenters. The van der Waals surface area contributed by atoms with Crippen molar-refractivity contribution in [3.63, 3.8) is 0 Å². The van der Waals surface area contributed by atoms with E-state index in [9.17, 15) is 14.4 Å². The lowest BCUT2D eigenvalue weighted by molar-refractivity contribution is -0.167. The van der Waals surface area contributed by atoms with Gasteiger partial charge in [-0.1, -0.05) is 216 Å². The minimum atomic E-state index is -0.786. The summed E-state index contributed by atoms with van der Waals surface area (Å²) in [5, 5.41) is 0. The minimum Gasteiger partial charge on any atom is -0.462 e. The Hall–Kier alpha value is -2.89. The van der Waals surface area contributed by atoms with Crippen LogP contribution in [0.1, 0.15) is 265 Å². The number of carbonyl (C=O) groups excluding carboxylic acids is 3. The van der Waals surface area contributed by atoms with Crippen molar-refractivity contribution in [2.45, 2.75) is 271 Å². The second-order valence-electron chi connectivity index (χ2n) is 17.8. The van der Waals surface area contributed by atoms with Crippen molar-refractivity contribution in [2.75, 3.05) is 13.2 Å². The van der Waals surface area contributed by atoms with Crippen LogP contribution in [0.15, 0.2) is 60.8 Å². The molecule has 0 N–H and O–H groups in total. The first-order valence-corrected chi connectivity index (χ1v) is 26.8. The van der Waals surface area contributed by atoms with Gasteiger partial charge in [-0.3, -0.25) is 14.4 Å². The Morgan fingerprint density at radius 1 is 0.317 bits per heavy atom. The molecule has 6 heteroatoms. The zero-order valence-corrected chi connectivity index (χ0v) is 41.6. The summed E-state index contributed by atoms with van der Waals surface area (Å²) in [6, 6.07) is 0. The molecule has 0 unspecified atom stereocenters. The van der Waals surface area contributed by atoms with Crippen LogP contribution in [0.4, 0.5) is 0 Å². The third-order valence-corrected chi connectivity index (χ3v) is 11.5. The first-order valence-electron chi connectivity index (χ1n) is 26.8. The van der Waals surface area contributed by atoms with Crippen LogP contribution in [0.5, 0.6) is 0 Å². The highest BCUT2D eigenvalue weighted by atomic mass is 16.6. The summed E-state index contributed by atoms with van der Waals surface area (Å²) >= 11 is 0. The number of unbranched alkanes of at least 4 members (excludes halogenated alkanes) is 27. The van der Waals surface area contributed by atoms with E-state index in [4.69, 9.17) is 14.2 Å². The number of esters is 3. The van der Waals surface area contributed by atoms with Gasteiger partial charge in [-0.25, -0.2) is 0 Å². The molecule has 0 aliphatic rings. The van der Waals surface area contributed by atoms with E-state index >= 15 is 0 Å². The lowest BCUT2D eigenvalue weighted by Gasteiger charge is -2.18. The van der Waals surface area contributed by atoms with Crippen molar-refractivity contribution in [1.29, 1.82) is 0 Å². The number of carbonyl (C=O) groups is 3. The van der Waals surface area contributed by atoms with E-state index in [1.54, 1.807) is 0 Å². The monoisotopic (exact) mass is 881 g/mol. The third kappa shape index (κ3) is 50.0. The summed E-state index contributed by atoms with van der Waals surface area (Å²) < 4.78 is 16.8. The summed E-state index contributed by atoms with van der Waals surface area (Å²) in [6.45, 7) is 6.56. The molecule has 0 aliphatic heterocycles. The maximum absolute atomic E-state index is 12.8. The van der Waals surface area contributed by atoms with Crippen molar-refractivity contribution in [3.05, 3.63) is 60.8 Å². The van der Waals surface area contributed by atoms with Crippen LogP contribution >= 0.6 is 0 Å². The third-order valence-electron chi connectivity index (χ3n) is 11.5. The molecule has 0 saturated carbocycles. The van der Waals surface area contributed by atoms with Crippen LogP contribution < -0.4 is 0 Å². The SMILES string of the molecule is CCCCC/C=C\C/C=C\C/C=C\CCCCCCC(=O)OC[C@H](COC(=O)CCCCCCC/C=C\C/C=C\CCCCC)OC(=O)CCCCCCCCCCCCCCC. The Morgan fingerprint density at radius 2 is 0.571 bits per heavy atom. The molecule has 0 aliphatic carbocycles. The average Bonchev–Trinajstić information content (AvgIpc) is 3.28. The molecule has 0 aromatic heterocycles. The highest BCUT2D eigenvalue weighted by molar-refractivity contribution is 5.71. The first kappa shape index (κ1) is 60.1. The Labute approximate surface area is 390 Å². The summed E-state index contributed by atoms with van der Waals surface area (Å²) in [4.78, 5) is 38.0. The zero-order chi connectivity index (χ0) is 45.8. The second-order valence-corrected chi connectivity index (χ2v) is 17.8. The standard InChI is InChI=1S/C57H100O6/c1-4-7-10-13-16-19-22-25-27-28-30-33-35-38-41-44-47-50-56(59)62-53-54(63-57(60)51-48-45-42-39-36-31-24-21-18-15-12-9-6-3)52-61-55(58)49-46-43-40-37-34-32-29-26-23-20-17-14-11-8-5-2/h16-17,19-20,25-27,29-30,33,54H,4-15,18,21-24,28,31-32,34-53H2,1-3H3/b19-16-,20-17-,27-25-,29-26-,33-30-/t54-/m0/s1. The maximum Gasteiger partial charge on any atom is 0.306 e. The van der Waals surface area contributed by atoms with Crippen LogP contribution in [0, 0.1) is 0 Å². The normalized spacial score (nSPS) is 12.5. The molecule has 0 radical (unpaired) electrons. The Balaban J connectivity index is 4.42. The summed E-state index contributed by atoms with van der Waals surface area (Å²) in [5.74, 6) is -0.914. The van der Waals surface area contributed by atoms with Gasteiger partial charge in [0.1, 0.15) is 13.2 Å². The van der Waals surface area contributed by atoms with Gasteiger partial charge in [0.25, 0.3) is 0 Å². The van der Waals surface area contributed by atoms with Gasteiger partial charge in [-0.15, -0.1) is 0 Å². The smallest absolute Gasteiger partial charge is 0.306 e. The number of rotatable bonds is 48. The second kappa shape index (κ2) is 51.7. The van der Waals surface area contributed by atoms with E-state index in [0.717, 1.165) is 103 Å². The van der Waals surface area contributed by atoms with Gasteiger partial charge in [-0.05, 0) is 89.9 Å². The molecular weight excluding hydrogens is 781 g/mol. The van der Waals surface area contributed by atoms with Gasteiger partial charge in [0, 0.05) is 19.3 Å². The number of hydrogen-bond acceptors (Lipinski definition) is 6. The maximum atomic E-state index is 12.8. The van der Waals surface area contributed by atoms with Crippen LogP contribution in [-0.4, -0.2) is 37.2 Å². The lowest BCUT2D eigenvalue weighted by Crippen LogP contribution is -2.30. The van der Waals surface area contributed by atoms with E-state index < -0.39 is 6.10 Å². The van der Waals surface area contributed by atoms with Crippen LogP contribution in [-0.2, 0) is 28.6 Å². The molecule has 6 nitrogen and oxygen atoms in total. The van der Waals surface area contributed by atoms with E-state index in [2.05, 4.69) is 81.5 Å². The molecule has 0 saturated heterocycles. The summed E-state index contributed by atoms with van der Waals surface area (Å²) in [7, 11) is 0. The topological polar surface area (TPSA) is 78.9 Å². The fourth-order valence-electron chi connectivity index (χ4n) is 7.42. The quantitative estimate of drug-likeness (QED) is 0.0262. The van der Waals surface area contributed by atoms with Gasteiger partial charge < -0.3 is 14.2 Å². The predicted molar refractivity (Wildman–Crippen MR) is 270 cm³/mol.